The van der Waals surface area contributed by atoms with Crippen molar-refractivity contribution in [1.82, 2.24) is 4.90 Å². The van der Waals surface area contributed by atoms with Crippen LogP contribution in [0.5, 0.6) is 5.75 Å². The second-order valence-corrected chi connectivity index (χ2v) is 8.30. The number of esters is 1. The highest BCUT2D eigenvalue weighted by atomic mass is 35.5. The molecule has 0 radical (unpaired) electrons. The van der Waals surface area contributed by atoms with Gasteiger partial charge in [-0.3, -0.25) is 9.69 Å². The van der Waals surface area contributed by atoms with Crippen LogP contribution in [0.1, 0.15) is 41.6 Å². The van der Waals surface area contributed by atoms with Gasteiger partial charge in [-0.15, -0.1) is 0 Å². The molecule has 1 fully saturated rings. The molecule has 6 nitrogen and oxygen atoms in total. The van der Waals surface area contributed by atoms with Crippen molar-refractivity contribution in [2.24, 2.45) is 5.92 Å². The molecule has 166 valence electrons. The van der Waals surface area contributed by atoms with Gasteiger partial charge >= 0.3 is 5.97 Å². The molecule has 31 heavy (non-hydrogen) atoms. The molecule has 2 aromatic rings. The molecule has 0 bridgehead atoms. The molecule has 1 atom stereocenters. The third kappa shape index (κ3) is 6.71. The van der Waals surface area contributed by atoms with E-state index >= 15 is 0 Å². The van der Waals surface area contributed by atoms with Crippen molar-refractivity contribution in [3.8, 4) is 5.75 Å². The quantitative estimate of drug-likeness (QED) is 0.594. The number of carbonyl (C=O) groups is 2. The van der Waals surface area contributed by atoms with Crippen LogP contribution in [0.25, 0.3) is 0 Å². The van der Waals surface area contributed by atoms with E-state index in [0.717, 1.165) is 38.9 Å². The minimum atomic E-state index is -0.321. The fraction of sp³-hybridized carbons (Fsp3) is 0.417. The van der Waals surface area contributed by atoms with Crippen LogP contribution in [-0.4, -0.2) is 44.1 Å². The van der Waals surface area contributed by atoms with E-state index in [2.05, 4.69) is 10.2 Å². The first-order valence-corrected chi connectivity index (χ1v) is 10.9. The molecule has 7 heteroatoms. The SMILES string of the molecule is COC(=O)c1ccc(CN2CCC[C@@H](CCC(=O)Nc3cc(Cl)ccc3OC)C2)cc1. The van der Waals surface area contributed by atoms with Crippen LogP contribution in [0.4, 0.5) is 5.69 Å². The van der Waals surface area contributed by atoms with Gasteiger partial charge in [-0.2, -0.15) is 0 Å². The van der Waals surface area contributed by atoms with Gasteiger partial charge < -0.3 is 14.8 Å². The fourth-order valence-corrected chi connectivity index (χ4v) is 4.15. The number of nitrogens with one attached hydrogen (secondary N) is 1. The zero-order chi connectivity index (χ0) is 22.2. The highest BCUT2D eigenvalue weighted by molar-refractivity contribution is 6.31. The molecular formula is C24H29ClN2O4. The molecule has 1 aliphatic rings. The third-order valence-electron chi connectivity index (χ3n) is 5.60. The summed E-state index contributed by atoms with van der Waals surface area (Å²) >= 11 is 6.03. The van der Waals surface area contributed by atoms with Crippen LogP contribution in [0.2, 0.25) is 5.02 Å². The summed E-state index contributed by atoms with van der Waals surface area (Å²) in [5, 5.41) is 3.47. The van der Waals surface area contributed by atoms with E-state index in [1.165, 1.54) is 12.7 Å². The maximum atomic E-state index is 12.5. The monoisotopic (exact) mass is 444 g/mol. The second-order valence-electron chi connectivity index (χ2n) is 7.86. The smallest absolute Gasteiger partial charge is 0.337 e. The van der Waals surface area contributed by atoms with E-state index in [1.54, 1.807) is 37.4 Å². The lowest BCUT2D eigenvalue weighted by Gasteiger charge is -2.32. The Hall–Kier alpha value is -2.57. The Bertz CT molecular complexity index is 901. The number of methoxy groups -OCH3 is 2. The Balaban J connectivity index is 1.48. The zero-order valence-corrected chi connectivity index (χ0v) is 18.8. The van der Waals surface area contributed by atoms with Crippen LogP contribution in [0.3, 0.4) is 0 Å². The number of rotatable bonds is 8. The first-order chi connectivity index (χ1) is 15.0. The summed E-state index contributed by atoms with van der Waals surface area (Å²) in [4.78, 5) is 26.4. The predicted octanol–water partition coefficient (Wildman–Crippen LogP) is 4.77. The second kappa shape index (κ2) is 11.2. The molecule has 1 heterocycles. The molecule has 0 aliphatic carbocycles. The summed E-state index contributed by atoms with van der Waals surface area (Å²) in [6.45, 7) is 2.84. The first-order valence-electron chi connectivity index (χ1n) is 10.5. The van der Waals surface area contributed by atoms with Gasteiger partial charge in [-0.25, -0.2) is 4.79 Å². The number of anilines is 1. The number of likely N-dealkylation sites (tertiary alicyclic amines) is 1. The average molecular weight is 445 g/mol. The summed E-state index contributed by atoms with van der Waals surface area (Å²) in [5.41, 5.74) is 2.32. The molecule has 1 amide bonds. The lowest BCUT2D eigenvalue weighted by Crippen LogP contribution is -2.35. The minimum absolute atomic E-state index is 0.0314. The average Bonchev–Trinajstić information content (AvgIpc) is 2.78. The number of benzene rings is 2. The van der Waals surface area contributed by atoms with Gasteiger partial charge in [0.1, 0.15) is 5.75 Å². The van der Waals surface area contributed by atoms with Gasteiger partial charge in [0, 0.05) is 24.5 Å². The van der Waals surface area contributed by atoms with Crippen LogP contribution >= 0.6 is 11.6 Å². The molecule has 0 saturated carbocycles. The van der Waals surface area contributed by atoms with Crippen molar-refractivity contribution < 1.29 is 19.1 Å². The van der Waals surface area contributed by atoms with E-state index < -0.39 is 0 Å². The normalized spacial score (nSPS) is 16.5. The van der Waals surface area contributed by atoms with Crippen LogP contribution in [0.15, 0.2) is 42.5 Å². The zero-order valence-electron chi connectivity index (χ0n) is 18.0. The number of nitrogens with zero attached hydrogens (tertiary/aromatic N) is 1. The number of halogens is 1. The summed E-state index contributed by atoms with van der Waals surface area (Å²) in [5.74, 6) is 0.726. The minimum Gasteiger partial charge on any atom is -0.495 e. The Labute approximate surface area is 188 Å². The molecule has 0 unspecified atom stereocenters. The lowest BCUT2D eigenvalue weighted by molar-refractivity contribution is -0.116. The van der Waals surface area contributed by atoms with Crippen LogP contribution in [-0.2, 0) is 16.1 Å². The largest absolute Gasteiger partial charge is 0.495 e. The molecule has 0 spiro atoms. The number of hydrogen-bond acceptors (Lipinski definition) is 5. The molecule has 1 N–H and O–H groups in total. The molecule has 3 rings (SSSR count). The fourth-order valence-electron chi connectivity index (χ4n) is 3.98. The van der Waals surface area contributed by atoms with Crippen molar-refractivity contribution in [2.75, 3.05) is 32.6 Å². The highest BCUT2D eigenvalue weighted by Gasteiger charge is 2.21. The first kappa shape index (κ1) is 23.1. The number of carbonyl (C=O) groups excluding carboxylic acids is 2. The molecule has 1 saturated heterocycles. The highest BCUT2D eigenvalue weighted by Crippen LogP contribution is 2.28. The Morgan fingerprint density at radius 2 is 1.94 bits per heavy atom. The maximum Gasteiger partial charge on any atom is 0.337 e. The summed E-state index contributed by atoms with van der Waals surface area (Å²) in [6.07, 6.45) is 3.55. The number of piperidine rings is 1. The van der Waals surface area contributed by atoms with Gasteiger partial charge in [0.05, 0.1) is 25.5 Å². The summed E-state index contributed by atoms with van der Waals surface area (Å²) in [6, 6.07) is 12.7. The van der Waals surface area contributed by atoms with E-state index in [4.69, 9.17) is 21.1 Å². The van der Waals surface area contributed by atoms with E-state index in [9.17, 15) is 9.59 Å². The van der Waals surface area contributed by atoms with Gasteiger partial charge in [0.25, 0.3) is 0 Å². The molecular weight excluding hydrogens is 416 g/mol. The summed E-state index contributed by atoms with van der Waals surface area (Å²) in [7, 11) is 2.95. The maximum absolute atomic E-state index is 12.5. The van der Waals surface area contributed by atoms with E-state index in [-0.39, 0.29) is 11.9 Å². The molecule has 1 aliphatic heterocycles. The third-order valence-corrected chi connectivity index (χ3v) is 5.83. The summed E-state index contributed by atoms with van der Waals surface area (Å²) < 4.78 is 10.0. The topological polar surface area (TPSA) is 67.9 Å². The van der Waals surface area contributed by atoms with Crippen molar-refractivity contribution in [3.05, 3.63) is 58.6 Å². The van der Waals surface area contributed by atoms with Crippen LogP contribution in [0, 0.1) is 5.92 Å². The van der Waals surface area contributed by atoms with Crippen molar-refractivity contribution in [1.29, 1.82) is 0 Å². The van der Waals surface area contributed by atoms with Crippen molar-refractivity contribution >= 4 is 29.2 Å². The number of amides is 1. The van der Waals surface area contributed by atoms with Crippen molar-refractivity contribution in [2.45, 2.75) is 32.2 Å². The van der Waals surface area contributed by atoms with Crippen molar-refractivity contribution in [3.63, 3.8) is 0 Å². The van der Waals surface area contributed by atoms with Gasteiger partial charge in [0.15, 0.2) is 0 Å². The lowest BCUT2D eigenvalue weighted by atomic mass is 9.93. The Morgan fingerprint density at radius 1 is 1.16 bits per heavy atom. The van der Waals surface area contributed by atoms with Gasteiger partial charge in [0.2, 0.25) is 5.91 Å². The molecule has 2 aromatic carbocycles. The van der Waals surface area contributed by atoms with E-state index in [0.29, 0.717) is 34.4 Å². The standard InChI is InChI=1S/C24H29ClN2O4/c1-30-22-11-10-20(25)14-21(22)26-23(28)12-7-17-4-3-13-27(15-17)16-18-5-8-19(9-6-18)24(29)31-2/h5-6,8-11,14,17H,3-4,7,12-13,15-16H2,1-2H3,(H,26,28)/t17-/m0/s1. The van der Waals surface area contributed by atoms with Gasteiger partial charge in [-0.1, -0.05) is 23.7 Å². The Morgan fingerprint density at radius 3 is 2.65 bits per heavy atom. The van der Waals surface area contributed by atoms with E-state index in [1.807, 2.05) is 12.1 Å². The van der Waals surface area contributed by atoms with Gasteiger partial charge in [-0.05, 0) is 67.6 Å². The predicted molar refractivity (Wildman–Crippen MR) is 122 cm³/mol. The van der Waals surface area contributed by atoms with Crippen LogP contribution < -0.4 is 10.1 Å². The Kier molecular flexibility index (Phi) is 8.32. The molecule has 0 aromatic heterocycles. The number of hydrogen-bond donors (Lipinski definition) is 1. The number of ether oxygens (including phenoxy) is 2.